The van der Waals surface area contributed by atoms with Gasteiger partial charge in [-0.25, -0.2) is 13.4 Å². The highest BCUT2D eigenvalue weighted by Crippen LogP contribution is 2.22. The third kappa shape index (κ3) is 4.37. The molecule has 6 nitrogen and oxygen atoms in total. The van der Waals surface area contributed by atoms with E-state index in [4.69, 9.17) is 0 Å². The highest BCUT2D eigenvalue weighted by Gasteiger charge is 2.18. The lowest BCUT2D eigenvalue weighted by Gasteiger charge is -2.12. The second-order valence-corrected chi connectivity index (χ2v) is 8.23. The van der Waals surface area contributed by atoms with Gasteiger partial charge < -0.3 is 5.32 Å². The summed E-state index contributed by atoms with van der Waals surface area (Å²) in [5, 5.41) is 2.74. The van der Waals surface area contributed by atoms with E-state index in [1.165, 1.54) is 6.07 Å². The maximum absolute atomic E-state index is 12.8. The first kappa shape index (κ1) is 19.6. The monoisotopic (exact) mass is 395 g/mol. The highest BCUT2D eigenvalue weighted by molar-refractivity contribution is 7.92. The molecule has 0 aliphatic heterocycles. The summed E-state index contributed by atoms with van der Waals surface area (Å²) < 4.78 is 28.1. The van der Waals surface area contributed by atoms with Crippen molar-refractivity contribution in [2.24, 2.45) is 0 Å². The Morgan fingerprint density at radius 3 is 2.46 bits per heavy atom. The minimum absolute atomic E-state index is 0.214. The van der Waals surface area contributed by atoms with Crippen LogP contribution in [0.25, 0.3) is 0 Å². The lowest BCUT2D eigenvalue weighted by atomic mass is 10.2. The standard InChI is InChI=1S/C21H21N3O3S/c1-14-9-10-15(2)19(12-14)28(26,27)24-18-8-4-7-17(13-18)21(25)23-20-16(3)6-5-11-22-20/h4-13,24H,1-3H3,(H,22,23,25). The van der Waals surface area contributed by atoms with Crippen molar-refractivity contribution in [3.8, 4) is 0 Å². The van der Waals surface area contributed by atoms with Crippen LogP contribution in [0, 0.1) is 20.8 Å². The first-order chi connectivity index (χ1) is 13.3. The number of pyridine rings is 1. The maximum Gasteiger partial charge on any atom is 0.262 e. The summed E-state index contributed by atoms with van der Waals surface area (Å²) in [4.78, 5) is 16.9. The zero-order valence-electron chi connectivity index (χ0n) is 15.9. The number of rotatable bonds is 5. The molecule has 2 N–H and O–H groups in total. The maximum atomic E-state index is 12.8. The summed E-state index contributed by atoms with van der Waals surface area (Å²) in [5.74, 6) is 0.100. The Balaban J connectivity index is 1.84. The fourth-order valence-electron chi connectivity index (χ4n) is 2.73. The summed E-state index contributed by atoms with van der Waals surface area (Å²) in [7, 11) is -3.77. The van der Waals surface area contributed by atoms with Crippen molar-refractivity contribution in [1.82, 2.24) is 4.98 Å². The minimum atomic E-state index is -3.77. The van der Waals surface area contributed by atoms with Crippen LogP contribution in [0.5, 0.6) is 0 Å². The van der Waals surface area contributed by atoms with Crippen molar-refractivity contribution in [1.29, 1.82) is 0 Å². The molecule has 0 aliphatic rings. The molecule has 0 fully saturated rings. The Labute approximate surface area is 164 Å². The van der Waals surface area contributed by atoms with Crippen LogP contribution in [-0.2, 0) is 10.0 Å². The predicted octanol–water partition coefficient (Wildman–Crippen LogP) is 4.06. The lowest BCUT2D eigenvalue weighted by molar-refractivity contribution is 0.102. The number of aryl methyl sites for hydroxylation is 3. The summed E-state index contributed by atoms with van der Waals surface area (Å²) in [6.07, 6.45) is 1.59. The molecule has 28 heavy (non-hydrogen) atoms. The molecule has 0 atom stereocenters. The average Bonchev–Trinajstić information content (AvgIpc) is 2.65. The highest BCUT2D eigenvalue weighted by atomic mass is 32.2. The van der Waals surface area contributed by atoms with Gasteiger partial charge in [0.15, 0.2) is 0 Å². The first-order valence-corrected chi connectivity index (χ1v) is 10.2. The van der Waals surface area contributed by atoms with E-state index >= 15 is 0 Å². The van der Waals surface area contributed by atoms with Crippen LogP contribution in [0.1, 0.15) is 27.0 Å². The van der Waals surface area contributed by atoms with Crippen molar-refractivity contribution in [2.45, 2.75) is 25.7 Å². The van der Waals surface area contributed by atoms with Crippen LogP contribution in [-0.4, -0.2) is 19.3 Å². The molecule has 1 amide bonds. The number of aromatic nitrogens is 1. The van der Waals surface area contributed by atoms with Gasteiger partial charge in [0.05, 0.1) is 4.90 Å². The van der Waals surface area contributed by atoms with Gasteiger partial charge in [-0.3, -0.25) is 9.52 Å². The quantitative estimate of drug-likeness (QED) is 0.682. The fourth-order valence-corrected chi connectivity index (χ4v) is 4.11. The largest absolute Gasteiger partial charge is 0.306 e. The van der Waals surface area contributed by atoms with Gasteiger partial charge in [0.1, 0.15) is 5.82 Å². The number of carbonyl (C=O) groups excluding carboxylic acids is 1. The van der Waals surface area contributed by atoms with E-state index in [1.54, 1.807) is 49.5 Å². The third-order valence-electron chi connectivity index (χ3n) is 4.25. The molecule has 0 saturated heterocycles. The lowest BCUT2D eigenvalue weighted by Crippen LogP contribution is -2.16. The number of nitrogens with one attached hydrogen (secondary N) is 2. The van der Waals surface area contributed by atoms with Crippen molar-refractivity contribution in [2.75, 3.05) is 10.0 Å². The van der Waals surface area contributed by atoms with Crippen LogP contribution in [0.15, 0.2) is 65.7 Å². The smallest absolute Gasteiger partial charge is 0.262 e. The Bertz CT molecular complexity index is 1140. The van der Waals surface area contributed by atoms with Crippen LogP contribution in [0.2, 0.25) is 0 Å². The minimum Gasteiger partial charge on any atom is -0.306 e. The number of amides is 1. The van der Waals surface area contributed by atoms with Crippen molar-refractivity contribution in [3.05, 3.63) is 83.0 Å². The van der Waals surface area contributed by atoms with E-state index in [0.29, 0.717) is 22.6 Å². The topological polar surface area (TPSA) is 88.2 Å². The molecule has 2 aromatic carbocycles. The van der Waals surface area contributed by atoms with Gasteiger partial charge in [-0.05, 0) is 67.8 Å². The van der Waals surface area contributed by atoms with Gasteiger partial charge in [0, 0.05) is 17.4 Å². The zero-order valence-corrected chi connectivity index (χ0v) is 16.7. The van der Waals surface area contributed by atoms with Gasteiger partial charge >= 0.3 is 0 Å². The van der Waals surface area contributed by atoms with E-state index in [9.17, 15) is 13.2 Å². The summed E-state index contributed by atoms with van der Waals surface area (Å²) in [5.41, 5.74) is 2.97. The Morgan fingerprint density at radius 2 is 1.71 bits per heavy atom. The average molecular weight is 395 g/mol. The van der Waals surface area contributed by atoms with Crippen LogP contribution in [0.4, 0.5) is 11.5 Å². The number of hydrogen-bond acceptors (Lipinski definition) is 4. The normalized spacial score (nSPS) is 11.1. The van der Waals surface area contributed by atoms with Crippen molar-refractivity contribution >= 4 is 27.4 Å². The molecule has 0 unspecified atom stereocenters. The van der Waals surface area contributed by atoms with Crippen molar-refractivity contribution < 1.29 is 13.2 Å². The molecule has 0 aliphatic carbocycles. The Kier molecular flexibility index (Phi) is 5.46. The molecule has 7 heteroatoms. The summed E-state index contributed by atoms with van der Waals surface area (Å²) in [6, 6.07) is 15.2. The zero-order chi connectivity index (χ0) is 20.3. The third-order valence-corrected chi connectivity index (χ3v) is 5.77. The Hall–Kier alpha value is -3.19. The van der Waals surface area contributed by atoms with E-state index in [1.807, 2.05) is 26.0 Å². The molecule has 0 spiro atoms. The molecular weight excluding hydrogens is 374 g/mol. The number of sulfonamides is 1. The van der Waals surface area contributed by atoms with Gasteiger partial charge in [0.2, 0.25) is 0 Å². The number of nitrogens with zero attached hydrogens (tertiary/aromatic N) is 1. The molecule has 144 valence electrons. The number of hydrogen-bond donors (Lipinski definition) is 2. The molecule has 0 saturated carbocycles. The van der Waals surface area contributed by atoms with Gasteiger partial charge in [-0.1, -0.05) is 24.3 Å². The second kappa shape index (κ2) is 7.82. The first-order valence-electron chi connectivity index (χ1n) is 8.69. The molecule has 0 bridgehead atoms. The Morgan fingerprint density at radius 1 is 0.929 bits per heavy atom. The van der Waals surface area contributed by atoms with E-state index in [2.05, 4.69) is 15.0 Å². The molecular formula is C21H21N3O3S. The molecule has 3 rings (SSSR count). The van der Waals surface area contributed by atoms with Crippen LogP contribution >= 0.6 is 0 Å². The summed E-state index contributed by atoms with van der Waals surface area (Å²) in [6.45, 7) is 5.42. The van der Waals surface area contributed by atoms with Gasteiger partial charge in [0.25, 0.3) is 15.9 Å². The van der Waals surface area contributed by atoms with E-state index < -0.39 is 10.0 Å². The fraction of sp³-hybridized carbons (Fsp3) is 0.143. The number of benzene rings is 2. The molecule has 1 heterocycles. The van der Waals surface area contributed by atoms with Gasteiger partial charge in [-0.2, -0.15) is 0 Å². The molecule has 3 aromatic rings. The number of anilines is 2. The SMILES string of the molecule is Cc1ccc(C)c(S(=O)(=O)Nc2cccc(C(=O)Nc3ncccc3C)c2)c1. The van der Waals surface area contributed by atoms with Gasteiger partial charge in [-0.15, -0.1) is 0 Å². The molecule has 0 radical (unpaired) electrons. The van der Waals surface area contributed by atoms with E-state index in [-0.39, 0.29) is 10.8 Å². The summed E-state index contributed by atoms with van der Waals surface area (Å²) >= 11 is 0. The second-order valence-electron chi connectivity index (χ2n) is 6.58. The van der Waals surface area contributed by atoms with Crippen molar-refractivity contribution in [3.63, 3.8) is 0 Å². The van der Waals surface area contributed by atoms with Crippen LogP contribution < -0.4 is 10.0 Å². The number of carbonyl (C=O) groups is 1. The van der Waals surface area contributed by atoms with Crippen LogP contribution in [0.3, 0.4) is 0 Å². The predicted molar refractivity (Wildman–Crippen MR) is 110 cm³/mol. The molecule has 1 aromatic heterocycles. The van der Waals surface area contributed by atoms with E-state index in [0.717, 1.165) is 11.1 Å².